The first kappa shape index (κ1) is 21.7. The summed E-state index contributed by atoms with van der Waals surface area (Å²) in [5.74, 6) is 0.0413. The average Bonchev–Trinajstić information content (AvgIpc) is 3.23. The Morgan fingerprint density at radius 3 is 2.17 bits per heavy atom. The number of amides is 2. The highest BCUT2D eigenvalue weighted by atomic mass is 32.2. The number of rotatable bonds is 6. The van der Waals surface area contributed by atoms with E-state index in [0.717, 1.165) is 39.0 Å². The number of nitrogens with two attached hydrogens (primary N) is 1. The van der Waals surface area contributed by atoms with E-state index in [1.165, 1.54) is 24.3 Å². The topological polar surface area (TPSA) is 116 Å². The molecule has 0 bridgehead atoms. The van der Waals surface area contributed by atoms with E-state index in [-0.39, 0.29) is 22.8 Å². The zero-order valence-corrected chi connectivity index (χ0v) is 17.5. The zero-order valence-electron chi connectivity index (χ0n) is 16.7. The summed E-state index contributed by atoms with van der Waals surface area (Å²) >= 11 is 0. The van der Waals surface area contributed by atoms with Gasteiger partial charge < -0.3 is 10.2 Å². The van der Waals surface area contributed by atoms with E-state index in [4.69, 9.17) is 5.14 Å². The zero-order chi connectivity index (χ0) is 21.0. The third kappa shape index (κ3) is 5.75. The number of hydrogen-bond donors (Lipinski definition) is 2. The molecule has 2 aliphatic rings. The van der Waals surface area contributed by atoms with Crippen molar-refractivity contribution in [3.05, 3.63) is 24.3 Å². The van der Waals surface area contributed by atoms with Gasteiger partial charge in [0.1, 0.15) is 0 Å². The van der Waals surface area contributed by atoms with Gasteiger partial charge in [0.05, 0.1) is 17.5 Å². The van der Waals surface area contributed by atoms with Crippen LogP contribution in [0.15, 0.2) is 29.2 Å². The van der Waals surface area contributed by atoms with Crippen molar-refractivity contribution in [2.24, 2.45) is 5.14 Å². The van der Waals surface area contributed by atoms with Gasteiger partial charge in [-0.25, -0.2) is 13.6 Å². The number of carbonyl (C=O) groups is 2. The van der Waals surface area contributed by atoms with Crippen LogP contribution in [0.5, 0.6) is 0 Å². The fourth-order valence-corrected chi connectivity index (χ4v) is 4.22. The lowest BCUT2D eigenvalue weighted by atomic mass is 10.2. The quantitative estimate of drug-likeness (QED) is 0.660. The maximum absolute atomic E-state index is 12.6. The van der Waals surface area contributed by atoms with Gasteiger partial charge in [-0.3, -0.25) is 19.4 Å². The molecular formula is C19H29N5O4S. The van der Waals surface area contributed by atoms with Gasteiger partial charge in [-0.05, 0) is 44.0 Å². The molecule has 1 atom stereocenters. The molecule has 3 N–H and O–H groups in total. The van der Waals surface area contributed by atoms with E-state index >= 15 is 0 Å². The number of carbonyl (C=O) groups excluding carboxylic acids is 2. The molecule has 0 unspecified atom stereocenters. The maximum Gasteiger partial charge on any atom is 0.241 e. The minimum atomic E-state index is -3.75. The van der Waals surface area contributed by atoms with Crippen LogP contribution in [0.25, 0.3) is 0 Å². The summed E-state index contributed by atoms with van der Waals surface area (Å²) in [5, 5.41) is 7.89. The highest BCUT2D eigenvalue weighted by molar-refractivity contribution is 7.89. The summed E-state index contributed by atoms with van der Waals surface area (Å²) in [7, 11) is -3.75. The Labute approximate surface area is 171 Å². The number of nitrogens with zero attached hydrogens (tertiary/aromatic N) is 3. The monoisotopic (exact) mass is 423 g/mol. The maximum atomic E-state index is 12.6. The molecule has 0 aromatic heterocycles. The van der Waals surface area contributed by atoms with Crippen molar-refractivity contribution in [3.8, 4) is 0 Å². The summed E-state index contributed by atoms with van der Waals surface area (Å²) in [6.45, 7) is 6.96. The number of anilines is 1. The molecule has 29 heavy (non-hydrogen) atoms. The van der Waals surface area contributed by atoms with Crippen LogP contribution >= 0.6 is 0 Å². The van der Waals surface area contributed by atoms with E-state index in [0.29, 0.717) is 25.3 Å². The van der Waals surface area contributed by atoms with E-state index in [1.807, 2.05) is 11.8 Å². The van der Waals surface area contributed by atoms with Gasteiger partial charge in [-0.15, -0.1) is 0 Å². The van der Waals surface area contributed by atoms with Crippen molar-refractivity contribution in [3.63, 3.8) is 0 Å². The molecule has 9 nitrogen and oxygen atoms in total. The summed E-state index contributed by atoms with van der Waals surface area (Å²) in [6.07, 6.45) is 2.19. The van der Waals surface area contributed by atoms with E-state index in [1.54, 1.807) is 0 Å². The standard InChI is InChI=1S/C19H29N5O4S/c1-15(19(26)21-16-4-6-17(7-5-16)29(20,27)28)23-12-10-22(11-13-23)14-18(25)24-8-2-3-9-24/h4-7,15H,2-3,8-14H2,1H3,(H,21,26)(H2,20,27,28)/t15-/m0/s1. The summed E-state index contributed by atoms with van der Waals surface area (Å²) in [5.41, 5.74) is 0.518. The predicted octanol–water partition coefficient (Wildman–Crippen LogP) is -0.0990. The van der Waals surface area contributed by atoms with Crippen LogP contribution < -0.4 is 10.5 Å². The van der Waals surface area contributed by atoms with Crippen LogP contribution in [0.3, 0.4) is 0 Å². The molecule has 10 heteroatoms. The molecule has 2 fully saturated rings. The normalized spacial score (nSPS) is 19.9. The Balaban J connectivity index is 1.46. The van der Waals surface area contributed by atoms with Crippen molar-refractivity contribution >= 4 is 27.5 Å². The fraction of sp³-hybridized carbons (Fsp3) is 0.579. The molecule has 0 spiro atoms. The molecule has 1 aromatic carbocycles. The molecule has 2 aliphatic heterocycles. The third-order valence-electron chi connectivity index (χ3n) is 5.60. The number of benzene rings is 1. The number of sulfonamides is 1. The molecule has 0 aliphatic carbocycles. The lowest BCUT2D eigenvalue weighted by Crippen LogP contribution is -2.54. The van der Waals surface area contributed by atoms with Crippen molar-refractivity contribution in [2.45, 2.75) is 30.7 Å². The highest BCUT2D eigenvalue weighted by Crippen LogP contribution is 2.15. The van der Waals surface area contributed by atoms with Gasteiger partial charge in [-0.2, -0.15) is 0 Å². The fourth-order valence-electron chi connectivity index (χ4n) is 3.71. The lowest BCUT2D eigenvalue weighted by molar-refractivity contribution is -0.132. The molecule has 3 rings (SSSR count). The molecule has 2 saturated heterocycles. The van der Waals surface area contributed by atoms with Gasteiger partial charge >= 0.3 is 0 Å². The first-order valence-electron chi connectivity index (χ1n) is 9.92. The molecule has 2 heterocycles. The van der Waals surface area contributed by atoms with Gasteiger partial charge in [0.2, 0.25) is 21.8 Å². The van der Waals surface area contributed by atoms with Crippen LogP contribution in [0, 0.1) is 0 Å². The summed E-state index contributed by atoms with van der Waals surface area (Å²) in [6, 6.07) is 5.44. The van der Waals surface area contributed by atoms with Crippen molar-refractivity contribution in [1.82, 2.24) is 14.7 Å². The van der Waals surface area contributed by atoms with Crippen LogP contribution in [0.1, 0.15) is 19.8 Å². The lowest BCUT2D eigenvalue weighted by Gasteiger charge is -2.37. The first-order chi connectivity index (χ1) is 13.7. The minimum Gasteiger partial charge on any atom is -0.342 e. The summed E-state index contributed by atoms with van der Waals surface area (Å²) < 4.78 is 22.6. The Morgan fingerprint density at radius 1 is 1.03 bits per heavy atom. The second-order valence-corrected chi connectivity index (χ2v) is 9.20. The number of piperazine rings is 1. The molecular weight excluding hydrogens is 394 g/mol. The van der Waals surface area contributed by atoms with Gasteiger partial charge in [0, 0.05) is 45.0 Å². The molecule has 160 valence electrons. The van der Waals surface area contributed by atoms with Crippen LogP contribution in [-0.2, 0) is 19.6 Å². The van der Waals surface area contributed by atoms with Gasteiger partial charge in [0.25, 0.3) is 0 Å². The van der Waals surface area contributed by atoms with Crippen LogP contribution in [0.2, 0.25) is 0 Å². The molecule has 2 amide bonds. The average molecular weight is 424 g/mol. The van der Waals surface area contributed by atoms with Crippen molar-refractivity contribution in [2.75, 3.05) is 51.1 Å². The highest BCUT2D eigenvalue weighted by Gasteiger charge is 2.27. The number of hydrogen-bond acceptors (Lipinski definition) is 6. The number of nitrogens with one attached hydrogen (secondary N) is 1. The van der Waals surface area contributed by atoms with Gasteiger partial charge in [-0.1, -0.05) is 0 Å². The second kappa shape index (κ2) is 9.21. The minimum absolute atomic E-state index is 0.00291. The SMILES string of the molecule is C[C@@H](C(=O)Nc1ccc(S(N)(=O)=O)cc1)N1CCN(CC(=O)N2CCCC2)CC1. The predicted molar refractivity (Wildman–Crippen MR) is 110 cm³/mol. The Bertz CT molecular complexity index is 829. The Hall–Kier alpha value is -2.01. The summed E-state index contributed by atoms with van der Waals surface area (Å²) in [4.78, 5) is 31.0. The molecule has 1 aromatic rings. The Kier molecular flexibility index (Phi) is 6.89. The number of likely N-dealkylation sites (tertiary alicyclic amines) is 1. The molecule has 0 radical (unpaired) electrons. The third-order valence-corrected chi connectivity index (χ3v) is 6.53. The Morgan fingerprint density at radius 2 is 1.62 bits per heavy atom. The number of primary sulfonamides is 1. The molecule has 0 saturated carbocycles. The van der Waals surface area contributed by atoms with Crippen molar-refractivity contribution in [1.29, 1.82) is 0 Å². The van der Waals surface area contributed by atoms with E-state index in [2.05, 4.69) is 15.1 Å². The largest absolute Gasteiger partial charge is 0.342 e. The van der Waals surface area contributed by atoms with Crippen LogP contribution in [0.4, 0.5) is 5.69 Å². The first-order valence-corrected chi connectivity index (χ1v) is 11.5. The van der Waals surface area contributed by atoms with Crippen molar-refractivity contribution < 1.29 is 18.0 Å². The van der Waals surface area contributed by atoms with Gasteiger partial charge in [0.15, 0.2) is 0 Å². The van der Waals surface area contributed by atoms with E-state index in [9.17, 15) is 18.0 Å². The second-order valence-electron chi connectivity index (χ2n) is 7.63. The smallest absolute Gasteiger partial charge is 0.241 e. The van der Waals surface area contributed by atoms with E-state index < -0.39 is 10.0 Å². The van der Waals surface area contributed by atoms with Crippen LogP contribution in [-0.4, -0.2) is 86.8 Å².